The van der Waals surface area contributed by atoms with E-state index in [0.717, 1.165) is 44.4 Å². The summed E-state index contributed by atoms with van der Waals surface area (Å²) >= 11 is 0. The van der Waals surface area contributed by atoms with Crippen molar-refractivity contribution in [3.8, 4) is 5.75 Å². The third-order valence-electron chi connectivity index (χ3n) is 4.65. The lowest BCUT2D eigenvalue weighted by atomic mass is 9.74. The van der Waals surface area contributed by atoms with Crippen LogP contribution in [0.3, 0.4) is 0 Å². The summed E-state index contributed by atoms with van der Waals surface area (Å²) < 4.78 is 13.3. The Hall–Kier alpha value is -1.13. The Bertz CT molecular complexity index is 446. The Morgan fingerprint density at radius 3 is 2.85 bits per heavy atom. The average Bonchev–Trinajstić information content (AvgIpc) is 2.38. The lowest BCUT2D eigenvalue weighted by molar-refractivity contribution is 0.0600. The highest BCUT2D eigenvalue weighted by Crippen LogP contribution is 2.36. The fourth-order valence-corrected chi connectivity index (χ4v) is 3.81. The molecule has 1 aromatic carbocycles. The van der Waals surface area contributed by atoms with Gasteiger partial charge in [0.25, 0.3) is 0 Å². The highest BCUT2D eigenvalue weighted by Gasteiger charge is 2.36. The van der Waals surface area contributed by atoms with E-state index in [9.17, 15) is 9.50 Å². The molecular weight excluding hydrogens is 255 g/mol. The van der Waals surface area contributed by atoms with E-state index >= 15 is 0 Å². The molecule has 1 unspecified atom stereocenters. The van der Waals surface area contributed by atoms with Gasteiger partial charge in [0.15, 0.2) is 0 Å². The highest BCUT2D eigenvalue weighted by molar-refractivity contribution is 5.28. The molecular formula is C16H23FN2O. The summed E-state index contributed by atoms with van der Waals surface area (Å²) in [7, 11) is 0. The van der Waals surface area contributed by atoms with Crippen molar-refractivity contribution < 1.29 is 9.50 Å². The molecule has 2 saturated heterocycles. The second kappa shape index (κ2) is 5.70. The highest BCUT2D eigenvalue weighted by atomic mass is 19.1. The molecule has 2 aliphatic rings. The van der Waals surface area contributed by atoms with Crippen molar-refractivity contribution in [1.29, 1.82) is 0 Å². The predicted octanol–water partition coefficient (Wildman–Crippen LogP) is 2.50. The maximum atomic E-state index is 13.3. The summed E-state index contributed by atoms with van der Waals surface area (Å²) in [5, 5.41) is 13.0. The number of nitrogens with zero attached hydrogens (tertiary/aromatic N) is 1. The van der Waals surface area contributed by atoms with Crippen molar-refractivity contribution in [3.05, 3.63) is 29.6 Å². The molecule has 1 atom stereocenters. The molecule has 2 aliphatic heterocycles. The van der Waals surface area contributed by atoms with E-state index in [0.29, 0.717) is 5.41 Å². The van der Waals surface area contributed by atoms with Gasteiger partial charge in [0.1, 0.15) is 11.6 Å². The first kappa shape index (κ1) is 13.8. The van der Waals surface area contributed by atoms with Crippen LogP contribution < -0.4 is 5.32 Å². The molecule has 0 bridgehead atoms. The Morgan fingerprint density at radius 1 is 1.25 bits per heavy atom. The van der Waals surface area contributed by atoms with Crippen LogP contribution in [0.5, 0.6) is 5.75 Å². The van der Waals surface area contributed by atoms with Crippen molar-refractivity contribution in [3.63, 3.8) is 0 Å². The Kier molecular flexibility index (Phi) is 3.94. The molecule has 2 N–H and O–H groups in total. The van der Waals surface area contributed by atoms with E-state index in [4.69, 9.17) is 0 Å². The molecule has 1 aromatic rings. The number of likely N-dealkylation sites (tertiary alicyclic amines) is 1. The van der Waals surface area contributed by atoms with E-state index in [1.165, 1.54) is 31.7 Å². The van der Waals surface area contributed by atoms with Crippen LogP contribution in [-0.2, 0) is 6.54 Å². The van der Waals surface area contributed by atoms with Gasteiger partial charge in [-0.05, 0) is 61.9 Å². The number of hydrogen-bond acceptors (Lipinski definition) is 3. The zero-order valence-corrected chi connectivity index (χ0v) is 11.9. The number of phenolic OH excluding ortho intramolecular Hbond substituents is 1. The topological polar surface area (TPSA) is 35.5 Å². The van der Waals surface area contributed by atoms with E-state index in [1.54, 1.807) is 6.07 Å². The van der Waals surface area contributed by atoms with Crippen LogP contribution in [-0.4, -0.2) is 36.2 Å². The number of rotatable bonds is 2. The van der Waals surface area contributed by atoms with Crippen LogP contribution in [0.1, 0.15) is 31.2 Å². The first-order valence-corrected chi connectivity index (χ1v) is 7.57. The van der Waals surface area contributed by atoms with E-state index in [-0.39, 0.29) is 11.6 Å². The van der Waals surface area contributed by atoms with Crippen molar-refractivity contribution >= 4 is 0 Å². The Morgan fingerprint density at radius 2 is 2.10 bits per heavy atom. The molecule has 3 rings (SSSR count). The van der Waals surface area contributed by atoms with Crippen molar-refractivity contribution in [2.24, 2.45) is 5.41 Å². The molecule has 0 amide bonds. The van der Waals surface area contributed by atoms with Gasteiger partial charge in [-0.25, -0.2) is 4.39 Å². The predicted molar refractivity (Wildman–Crippen MR) is 77.1 cm³/mol. The first-order valence-electron chi connectivity index (χ1n) is 7.57. The van der Waals surface area contributed by atoms with E-state index in [2.05, 4.69) is 10.2 Å². The molecule has 4 heteroatoms. The van der Waals surface area contributed by atoms with Gasteiger partial charge in [-0.1, -0.05) is 0 Å². The molecule has 0 aromatic heterocycles. The molecule has 2 heterocycles. The summed E-state index contributed by atoms with van der Waals surface area (Å²) in [6.07, 6.45) is 5.06. The second-order valence-corrected chi connectivity index (χ2v) is 6.41. The van der Waals surface area contributed by atoms with E-state index in [1.807, 2.05) is 0 Å². The third kappa shape index (κ3) is 3.13. The van der Waals surface area contributed by atoms with Crippen LogP contribution in [0, 0.1) is 11.2 Å². The molecule has 0 saturated carbocycles. The minimum absolute atomic E-state index is 0.0195. The summed E-state index contributed by atoms with van der Waals surface area (Å²) in [5.41, 5.74) is 1.27. The summed E-state index contributed by atoms with van der Waals surface area (Å²) in [4.78, 5) is 2.41. The lowest BCUT2D eigenvalue weighted by Gasteiger charge is -2.45. The van der Waals surface area contributed by atoms with Gasteiger partial charge in [0.2, 0.25) is 0 Å². The van der Waals surface area contributed by atoms with Crippen LogP contribution >= 0.6 is 0 Å². The number of aromatic hydroxyl groups is 1. The molecule has 1 spiro atoms. The second-order valence-electron chi connectivity index (χ2n) is 6.41. The van der Waals surface area contributed by atoms with Gasteiger partial charge in [-0.15, -0.1) is 0 Å². The number of phenols is 1. The molecule has 3 nitrogen and oxygen atoms in total. The summed E-state index contributed by atoms with van der Waals surface area (Å²) in [6, 6.07) is 4.36. The van der Waals surface area contributed by atoms with Crippen LogP contribution in [0.25, 0.3) is 0 Å². The van der Waals surface area contributed by atoms with Crippen LogP contribution in [0.15, 0.2) is 18.2 Å². The van der Waals surface area contributed by atoms with Crippen molar-refractivity contribution in [1.82, 2.24) is 10.2 Å². The number of benzene rings is 1. The first-order chi connectivity index (χ1) is 9.65. The number of nitrogens with one attached hydrogen (secondary N) is 1. The number of halogens is 1. The zero-order chi connectivity index (χ0) is 14.0. The minimum Gasteiger partial charge on any atom is -0.508 e. The van der Waals surface area contributed by atoms with Gasteiger partial charge in [-0.2, -0.15) is 0 Å². The Labute approximate surface area is 119 Å². The SMILES string of the molecule is Oc1cc(F)cc(CN2CCCC3(CCCNC3)C2)c1. The monoisotopic (exact) mass is 278 g/mol. The lowest BCUT2D eigenvalue weighted by Crippen LogP contribution is -2.50. The smallest absolute Gasteiger partial charge is 0.127 e. The zero-order valence-electron chi connectivity index (χ0n) is 11.9. The minimum atomic E-state index is -0.356. The van der Waals surface area contributed by atoms with E-state index < -0.39 is 0 Å². The molecule has 20 heavy (non-hydrogen) atoms. The van der Waals surface area contributed by atoms with Gasteiger partial charge < -0.3 is 10.4 Å². The largest absolute Gasteiger partial charge is 0.508 e. The van der Waals surface area contributed by atoms with Crippen molar-refractivity contribution in [2.45, 2.75) is 32.2 Å². The van der Waals surface area contributed by atoms with Gasteiger partial charge in [0.05, 0.1) is 0 Å². The van der Waals surface area contributed by atoms with Gasteiger partial charge >= 0.3 is 0 Å². The van der Waals surface area contributed by atoms with Crippen LogP contribution in [0.2, 0.25) is 0 Å². The van der Waals surface area contributed by atoms with Crippen molar-refractivity contribution in [2.75, 3.05) is 26.2 Å². The molecule has 0 radical (unpaired) electrons. The number of piperidine rings is 2. The average molecular weight is 278 g/mol. The van der Waals surface area contributed by atoms with Gasteiger partial charge in [-0.3, -0.25) is 4.90 Å². The third-order valence-corrected chi connectivity index (χ3v) is 4.65. The quantitative estimate of drug-likeness (QED) is 0.872. The normalized spacial score (nSPS) is 27.9. The standard InChI is InChI=1S/C16H23FN2O/c17-14-7-13(8-15(20)9-14)10-19-6-2-4-16(12-19)3-1-5-18-11-16/h7-9,18,20H,1-6,10-12H2. The summed E-state index contributed by atoms with van der Waals surface area (Å²) in [6.45, 7) is 5.13. The maximum absolute atomic E-state index is 13.3. The van der Waals surface area contributed by atoms with Gasteiger partial charge in [0, 0.05) is 25.7 Å². The Balaban J connectivity index is 1.67. The summed E-state index contributed by atoms with van der Waals surface area (Å²) in [5.74, 6) is -0.336. The maximum Gasteiger partial charge on any atom is 0.127 e. The fraction of sp³-hybridized carbons (Fsp3) is 0.625. The fourth-order valence-electron chi connectivity index (χ4n) is 3.81. The van der Waals surface area contributed by atoms with Crippen LogP contribution in [0.4, 0.5) is 4.39 Å². The molecule has 2 fully saturated rings. The number of hydrogen-bond donors (Lipinski definition) is 2. The molecule has 110 valence electrons. The molecule has 0 aliphatic carbocycles.